The largest absolute Gasteiger partial charge is 0.493 e. The van der Waals surface area contributed by atoms with Crippen molar-refractivity contribution in [2.24, 2.45) is 11.7 Å². The van der Waals surface area contributed by atoms with Crippen LogP contribution in [-0.2, 0) is 5.41 Å². The Balaban J connectivity index is 1.87. The molecule has 2 N–H and O–H groups in total. The van der Waals surface area contributed by atoms with Crippen molar-refractivity contribution in [3.05, 3.63) is 28.8 Å². The van der Waals surface area contributed by atoms with Crippen molar-refractivity contribution in [3.8, 4) is 5.75 Å². The lowest BCUT2D eigenvalue weighted by Gasteiger charge is -2.27. The van der Waals surface area contributed by atoms with Crippen LogP contribution in [-0.4, -0.2) is 13.2 Å². The van der Waals surface area contributed by atoms with Crippen LogP contribution in [0.15, 0.2) is 12.1 Å². The van der Waals surface area contributed by atoms with E-state index in [-0.39, 0.29) is 5.41 Å². The van der Waals surface area contributed by atoms with Gasteiger partial charge in [-0.2, -0.15) is 0 Å². The van der Waals surface area contributed by atoms with Crippen molar-refractivity contribution in [1.82, 2.24) is 0 Å². The number of nitrogens with two attached hydrogens (primary N) is 1. The zero-order chi connectivity index (χ0) is 13.5. The van der Waals surface area contributed by atoms with E-state index < -0.39 is 0 Å². The molecule has 2 heteroatoms. The highest BCUT2D eigenvalue weighted by Gasteiger charge is 2.45. The maximum atomic E-state index is 6.20. The van der Waals surface area contributed by atoms with E-state index in [9.17, 15) is 0 Å². The molecule has 0 amide bonds. The average molecular weight is 259 g/mol. The van der Waals surface area contributed by atoms with Crippen LogP contribution in [0.2, 0.25) is 0 Å². The molecule has 2 nitrogen and oxygen atoms in total. The minimum absolute atomic E-state index is 0.214. The summed E-state index contributed by atoms with van der Waals surface area (Å²) in [7, 11) is 0. The lowest BCUT2D eigenvalue weighted by atomic mass is 9.86. The molecule has 0 bridgehead atoms. The van der Waals surface area contributed by atoms with Gasteiger partial charge in [-0.1, -0.05) is 24.1 Å². The Morgan fingerprint density at radius 3 is 2.53 bits per heavy atom. The normalized spacial score (nSPS) is 21.0. The molecule has 0 aromatic heterocycles. The lowest BCUT2D eigenvalue weighted by Crippen LogP contribution is -2.24. The number of aryl methyl sites for hydroxylation is 2. The van der Waals surface area contributed by atoms with Gasteiger partial charge in [-0.3, -0.25) is 0 Å². The van der Waals surface area contributed by atoms with Crippen LogP contribution >= 0.6 is 0 Å². The molecule has 0 spiro atoms. The van der Waals surface area contributed by atoms with E-state index in [2.05, 4.69) is 26.0 Å². The van der Waals surface area contributed by atoms with Crippen LogP contribution in [0.5, 0.6) is 5.75 Å². The maximum absolute atomic E-state index is 6.20. The Labute approximate surface area is 116 Å². The smallest absolute Gasteiger partial charge is 0.126 e. The van der Waals surface area contributed by atoms with E-state index in [4.69, 9.17) is 10.5 Å². The monoisotopic (exact) mass is 259 g/mol. The minimum atomic E-state index is 0.214. The highest BCUT2D eigenvalue weighted by molar-refractivity contribution is 5.50. The summed E-state index contributed by atoms with van der Waals surface area (Å²) in [5, 5.41) is 0. The molecule has 2 saturated carbocycles. The molecule has 0 saturated heterocycles. The third-order valence-electron chi connectivity index (χ3n) is 4.92. The molecular weight excluding hydrogens is 234 g/mol. The summed E-state index contributed by atoms with van der Waals surface area (Å²) in [5.41, 5.74) is 10.2. The van der Waals surface area contributed by atoms with Crippen LogP contribution in [0, 0.1) is 19.8 Å². The van der Waals surface area contributed by atoms with Gasteiger partial charge in [0.1, 0.15) is 5.75 Å². The van der Waals surface area contributed by atoms with Crippen LogP contribution in [0.1, 0.15) is 48.8 Å². The topological polar surface area (TPSA) is 35.2 Å². The number of rotatable bonds is 5. The van der Waals surface area contributed by atoms with Gasteiger partial charge in [0.05, 0.1) is 6.61 Å². The van der Waals surface area contributed by atoms with Gasteiger partial charge >= 0.3 is 0 Å². The van der Waals surface area contributed by atoms with Gasteiger partial charge in [0, 0.05) is 17.5 Å². The van der Waals surface area contributed by atoms with Crippen LogP contribution < -0.4 is 10.5 Å². The fraction of sp³-hybridized carbons (Fsp3) is 0.647. The molecule has 0 heterocycles. The van der Waals surface area contributed by atoms with Crippen molar-refractivity contribution in [2.75, 3.05) is 13.2 Å². The molecule has 3 rings (SSSR count). The molecule has 1 aromatic rings. The molecular formula is C17H25NO. The highest BCUT2D eigenvalue weighted by Crippen LogP contribution is 2.51. The van der Waals surface area contributed by atoms with Crippen molar-refractivity contribution in [1.29, 1.82) is 0 Å². The summed E-state index contributed by atoms with van der Waals surface area (Å²) in [6, 6.07) is 4.52. The Hall–Kier alpha value is -1.02. The molecule has 0 radical (unpaired) electrons. The molecule has 2 aliphatic carbocycles. The Kier molecular flexibility index (Phi) is 3.30. The summed E-state index contributed by atoms with van der Waals surface area (Å²) in [6.07, 6.45) is 6.48. The Morgan fingerprint density at radius 2 is 2.00 bits per heavy atom. The zero-order valence-electron chi connectivity index (χ0n) is 12.2. The molecule has 0 unspecified atom stereocenters. The first-order valence-corrected chi connectivity index (χ1v) is 7.59. The number of hydrogen-bond donors (Lipinski definition) is 1. The van der Waals surface area contributed by atoms with Gasteiger partial charge in [-0.15, -0.1) is 0 Å². The molecule has 0 atom stereocenters. The predicted molar refractivity (Wildman–Crippen MR) is 78.7 cm³/mol. The molecule has 0 aliphatic heterocycles. The minimum Gasteiger partial charge on any atom is -0.493 e. The van der Waals surface area contributed by atoms with Crippen molar-refractivity contribution in [2.45, 2.75) is 51.4 Å². The fourth-order valence-electron chi connectivity index (χ4n) is 3.13. The third-order valence-corrected chi connectivity index (χ3v) is 4.92. The predicted octanol–water partition coefficient (Wildman–Crippen LogP) is 3.47. The van der Waals surface area contributed by atoms with E-state index in [1.54, 1.807) is 0 Å². The van der Waals surface area contributed by atoms with Crippen molar-refractivity contribution >= 4 is 0 Å². The van der Waals surface area contributed by atoms with Gasteiger partial charge in [-0.25, -0.2) is 0 Å². The van der Waals surface area contributed by atoms with E-state index in [0.29, 0.717) is 0 Å². The first kappa shape index (κ1) is 13.0. The number of benzene rings is 1. The molecule has 2 aliphatic rings. The first-order chi connectivity index (χ1) is 9.14. The first-order valence-electron chi connectivity index (χ1n) is 7.59. The van der Waals surface area contributed by atoms with Crippen LogP contribution in [0.4, 0.5) is 0 Å². The van der Waals surface area contributed by atoms with Gasteiger partial charge in [0.15, 0.2) is 0 Å². The molecule has 1 aromatic carbocycles. The van der Waals surface area contributed by atoms with Gasteiger partial charge in [0.25, 0.3) is 0 Å². The van der Waals surface area contributed by atoms with E-state index in [1.165, 1.54) is 48.8 Å². The third kappa shape index (κ3) is 2.38. The SMILES string of the molecule is Cc1cc(C)c(OCC2CCC2)c(C2(CN)CC2)c1. The average Bonchev–Trinajstić information content (AvgIpc) is 3.10. The molecule has 104 valence electrons. The van der Waals surface area contributed by atoms with E-state index in [0.717, 1.165) is 24.8 Å². The Morgan fingerprint density at radius 1 is 1.26 bits per heavy atom. The fourth-order valence-corrected chi connectivity index (χ4v) is 3.13. The van der Waals surface area contributed by atoms with Crippen LogP contribution in [0.25, 0.3) is 0 Å². The summed E-state index contributed by atoms with van der Waals surface area (Å²) in [4.78, 5) is 0. The lowest BCUT2D eigenvalue weighted by molar-refractivity contribution is 0.178. The van der Waals surface area contributed by atoms with Crippen LogP contribution in [0.3, 0.4) is 0 Å². The second kappa shape index (κ2) is 4.82. The number of hydrogen-bond acceptors (Lipinski definition) is 2. The second-order valence-electron chi connectivity index (χ2n) is 6.55. The van der Waals surface area contributed by atoms with Gasteiger partial charge < -0.3 is 10.5 Å². The standard InChI is InChI=1S/C17H25NO/c1-12-8-13(2)16(19-10-14-4-3-5-14)15(9-12)17(11-18)6-7-17/h8-9,14H,3-7,10-11,18H2,1-2H3. The summed E-state index contributed by atoms with van der Waals surface area (Å²) in [5.74, 6) is 1.90. The summed E-state index contributed by atoms with van der Waals surface area (Å²) < 4.78 is 6.20. The Bertz CT molecular complexity index is 472. The quantitative estimate of drug-likeness (QED) is 0.878. The maximum Gasteiger partial charge on any atom is 0.126 e. The number of ether oxygens (including phenoxy) is 1. The van der Waals surface area contributed by atoms with Crippen molar-refractivity contribution < 1.29 is 4.74 Å². The van der Waals surface area contributed by atoms with Crippen molar-refractivity contribution in [3.63, 3.8) is 0 Å². The van der Waals surface area contributed by atoms with Gasteiger partial charge in [0.2, 0.25) is 0 Å². The van der Waals surface area contributed by atoms with E-state index in [1.807, 2.05) is 0 Å². The molecule has 2 fully saturated rings. The molecule has 19 heavy (non-hydrogen) atoms. The van der Waals surface area contributed by atoms with E-state index >= 15 is 0 Å². The second-order valence-corrected chi connectivity index (χ2v) is 6.55. The summed E-state index contributed by atoms with van der Waals surface area (Å²) >= 11 is 0. The zero-order valence-corrected chi connectivity index (χ0v) is 12.2. The van der Waals surface area contributed by atoms with Gasteiger partial charge in [-0.05, 0) is 51.0 Å². The summed E-state index contributed by atoms with van der Waals surface area (Å²) in [6.45, 7) is 5.96. The highest BCUT2D eigenvalue weighted by atomic mass is 16.5.